The fourth-order valence-electron chi connectivity index (χ4n) is 0. The molecule has 0 aliphatic rings. The van der Waals surface area contributed by atoms with Crippen molar-refractivity contribution >= 4 is 39.9 Å². The largest absolute Gasteiger partial charge is 0.731 e. The first-order valence-corrected chi connectivity index (χ1v) is 6.15. The van der Waals surface area contributed by atoms with Gasteiger partial charge in [0.2, 0.25) is 0 Å². The van der Waals surface area contributed by atoms with Gasteiger partial charge in [-0.15, -0.1) is 23.0 Å². The molecule has 0 aromatic carbocycles. The third-order valence-electron chi connectivity index (χ3n) is 0. The number of hydrogen-bond donors (Lipinski definition) is 0. The van der Waals surface area contributed by atoms with Gasteiger partial charge in [0.1, 0.15) is 0 Å². The van der Waals surface area contributed by atoms with Gasteiger partial charge in [0.15, 0.2) is 0 Å². The van der Waals surface area contributed by atoms with Crippen LogP contribution in [-0.4, -0.2) is 6.66 Å². The number of halogens is 1. The van der Waals surface area contributed by atoms with Gasteiger partial charge in [-0.2, -0.15) is 0 Å². The second-order valence-corrected chi connectivity index (χ2v) is 10.5. The second-order valence-electron chi connectivity index (χ2n) is 0.747. The van der Waals surface area contributed by atoms with E-state index in [1.807, 2.05) is 0 Å². The Balaban J connectivity index is 3.47. The van der Waals surface area contributed by atoms with Crippen LogP contribution in [0.3, 0.4) is 0 Å². The minimum atomic E-state index is -1.75. The normalized spacial score (nSPS) is 21.4. The molecule has 0 saturated carbocycles. The van der Waals surface area contributed by atoms with Crippen LogP contribution in [0.5, 0.6) is 0 Å². The minimum absolute atomic E-state index is 1.69. The third-order valence-corrected chi connectivity index (χ3v) is 0. The van der Waals surface area contributed by atoms with Crippen LogP contribution in [0, 0.1) is 0 Å². The van der Waals surface area contributed by atoms with Gasteiger partial charge in [0, 0.05) is 0 Å². The average Bonchev–Trinajstić information content (AvgIpc) is 0.722. The van der Waals surface area contributed by atoms with Crippen molar-refractivity contribution in [2.45, 2.75) is 0 Å². The lowest BCUT2D eigenvalue weighted by Gasteiger charge is -2.08. The monoisotopic (exact) mass is 145 g/mol. The van der Waals surface area contributed by atoms with Crippen molar-refractivity contribution < 1.29 is 0 Å². The van der Waals surface area contributed by atoms with Gasteiger partial charge in [0.25, 0.3) is 0 Å². The van der Waals surface area contributed by atoms with Gasteiger partial charge < -0.3 is 12.2 Å². The third kappa shape index (κ3) is 34.4. The Kier molecular flexibility index (Phi) is 2.30. The lowest BCUT2D eigenvalue weighted by atomic mass is 12.0. The predicted octanol–water partition coefficient (Wildman–Crippen LogP) is 1.71. The van der Waals surface area contributed by atoms with Gasteiger partial charge in [-0.05, 0) is 6.66 Å². The quantitative estimate of drug-likeness (QED) is 0.376. The molecule has 0 aliphatic heterocycles. The molecule has 0 heterocycles. The van der Waals surface area contributed by atoms with Crippen LogP contribution in [0.25, 0.3) is 0 Å². The highest BCUT2D eigenvalue weighted by Gasteiger charge is 1.71. The van der Waals surface area contributed by atoms with Crippen LogP contribution in [0.2, 0.25) is 0 Å². The highest BCUT2D eigenvalue weighted by Crippen LogP contribution is 2.43. The highest BCUT2D eigenvalue weighted by molar-refractivity contribution is 8.63. The first-order valence-electron chi connectivity index (χ1n) is 0.981. The molecule has 32 valence electrons. The van der Waals surface area contributed by atoms with E-state index < -0.39 is 4.59 Å². The lowest BCUT2D eigenvalue weighted by molar-refractivity contribution is 2.49. The Hall–Kier alpha value is 1.29. The van der Waals surface area contributed by atoms with Crippen LogP contribution < -0.4 is 0 Å². The zero-order valence-corrected chi connectivity index (χ0v) is 5.93. The Morgan fingerprint density at radius 3 is 2.00 bits per heavy atom. The van der Waals surface area contributed by atoms with Crippen LogP contribution in [0.15, 0.2) is 0 Å². The second kappa shape index (κ2) is 1.83. The van der Waals surface area contributed by atoms with Crippen molar-refractivity contribution in [1.29, 1.82) is 0 Å². The molecule has 0 aliphatic carbocycles. The predicted molar refractivity (Wildman–Crippen MR) is 33.4 cm³/mol. The van der Waals surface area contributed by atoms with Gasteiger partial charge in [-0.25, -0.2) is 0 Å². The van der Waals surface area contributed by atoms with E-state index in [1.54, 1.807) is 6.66 Å². The maximum absolute atomic E-state index is 5.27. The van der Waals surface area contributed by atoms with E-state index in [9.17, 15) is 0 Å². The van der Waals surface area contributed by atoms with E-state index in [-0.39, 0.29) is 0 Å². The molecule has 0 nitrogen and oxygen atoms in total. The summed E-state index contributed by atoms with van der Waals surface area (Å²) in [7, 11) is 0. The summed E-state index contributed by atoms with van der Waals surface area (Å²) in [5, 5.41) is 0. The zero-order chi connectivity index (χ0) is 4.50. The standard InChI is InChI=1S/CH4ClPS2/c1-3(2,4)5/h1H3,(H,4,5)/p-1. The smallest absolute Gasteiger partial charge is 0.0428 e. The molecule has 1 atom stereocenters. The molecule has 0 fully saturated rings. The fraction of sp³-hybridized carbons (Fsp3) is 1.00. The summed E-state index contributed by atoms with van der Waals surface area (Å²) >= 11 is 14.3. The summed E-state index contributed by atoms with van der Waals surface area (Å²) in [6.45, 7) is 1.69. The van der Waals surface area contributed by atoms with Gasteiger partial charge >= 0.3 is 0 Å². The van der Waals surface area contributed by atoms with Crippen molar-refractivity contribution in [2.75, 3.05) is 6.66 Å². The van der Waals surface area contributed by atoms with Crippen molar-refractivity contribution in [3.05, 3.63) is 0 Å². The molecule has 0 aromatic rings. The summed E-state index contributed by atoms with van der Waals surface area (Å²) in [5.74, 6) is 0. The molecule has 4 heteroatoms. The van der Waals surface area contributed by atoms with Crippen LogP contribution in [-0.2, 0) is 24.1 Å². The Morgan fingerprint density at radius 1 is 2.00 bits per heavy atom. The van der Waals surface area contributed by atoms with Crippen molar-refractivity contribution in [2.24, 2.45) is 0 Å². The SMILES string of the molecule is CP(=S)([S-])Cl. The molecule has 0 N–H and O–H groups in total. The topological polar surface area (TPSA) is 0 Å². The Labute approximate surface area is 46.9 Å². The average molecular weight is 146 g/mol. The molecule has 0 saturated heterocycles. The zero-order valence-electron chi connectivity index (χ0n) is 2.64. The molecule has 1 unspecified atom stereocenters. The molecule has 0 bridgehead atoms. The molecular formula is CH3ClPS2-. The lowest BCUT2D eigenvalue weighted by Crippen LogP contribution is -1.45. The maximum atomic E-state index is 5.27. The van der Waals surface area contributed by atoms with Crippen LogP contribution in [0.1, 0.15) is 0 Å². The van der Waals surface area contributed by atoms with E-state index in [1.165, 1.54) is 0 Å². The summed E-state index contributed by atoms with van der Waals surface area (Å²) in [5.41, 5.74) is 0. The number of hydrogen-bond acceptors (Lipinski definition) is 2. The molecule has 0 aromatic heterocycles. The number of rotatable bonds is 0. The molecule has 0 spiro atoms. The first-order chi connectivity index (χ1) is 2.00. The van der Waals surface area contributed by atoms with Crippen molar-refractivity contribution in [3.8, 4) is 0 Å². The van der Waals surface area contributed by atoms with Crippen LogP contribution >= 0.6 is 15.8 Å². The summed E-state index contributed by atoms with van der Waals surface area (Å²) < 4.78 is -1.75. The fourth-order valence-corrected chi connectivity index (χ4v) is 0. The first kappa shape index (κ1) is 6.29. The van der Waals surface area contributed by atoms with Gasteiger partial charge in [0.05, 0.1) is 0 Å². The molecule has 0 rings (SSSR count). The molecule has 0 radical (unpaired) electrons. The van der Waals surface area contributed by atoms with Crippen LogP contribution in [0.4, 0.5) is 0 Å². The van der Waals surface area contributed by atoms with E-state index in [0.29, 0.717) is 0 Å². The minimum Gasteiger partial charge on any atom is -0.731 e. The summed E-state index contributed by atoms with van der Waals surface area (Å²) in [6, 6.07) is 0. The summed E-state index contributed by atoms with van der Waals surface area (Å²) in [4.78, 5) is 0. The van der Waals surface area contributed by atoms with Gasteiger partial charge in [-0.3, -0.25) is 0 Å². The maximum Gasteiger partial charge on any atom is -0.0428 e. The van der Waals surface area contributed by atoms with Gasteiger partial charge in [-0.1, -0.05) is 4.59 Å². The van der Waals surface area contributed by atoms with E-state index in [0.717, 1.165) is 0 Å². The van der Waals surface area contributed by atoms with Crippen molar-refractivity contribution in [3.63, 3.8) is 0 Å². The van der Waals surface area contributed by atoms with E-state index in [2.05, 4.69) is 24.1 Å². The Morgan fingerprint density at radius 2 is 2.00 bits per heavy atom. The highest BCUT2D eigenvalue weighted by atomic mass is 35.7. The molecular weight excluding hydrogens is 143 g/mol. The molecule has 5 heavy (non-hydrogen) atoms. The van der Waals surface area contributed by atoms with Crippen molar-refractivity contribution in [1.82, 2.24) is 0 Å². The summed E-state index contributed by atoms with van der Waals surface area (Å²) in [6.07, 6.45) is 0. The molecule has 0 amide bonds. The Bertz CT molecular complexity index is 55.8. The van der Waals surface area contributed by atoms with E-state index in [4.69, 9.17) is 11.2 Å². The van der Waals surface area contributed by atoms with E-state index >= 15 is 0 Å².